The average molecular weight is 453 g/mol. The first-order valence-corrected chi connectivity index (χ1v) is 8.91. The first-order chi connectivity index (χ1) is 11.8. The van der Waals surface area contributed by atoms with Gasteiger partial charge in [-0.1, -0.05) is 56.0 Å². The molecule has 2 aromatic rings. The Morgan fingerprint density at radius 2 is 1.88 bits per heavy atom. The normalized spacial score (nSPS) is 16.1. The summed E-state index contributed by atoms with van der Waals surface area (Å²) in [5.74, 6) is 1.47. The monoisotopic (exact) mass is 453 g/mol. The summed E-state index contributed by atoms with van der Waals surface area (Å²) in [5.41, 5.74) is 7.33. The van der Waals surface area contributed by atoms with Crippen molar-refractivity contribution < 1.29 is 0 Å². The molecule has 0 amide bonds. The molecule has 0 bridgehead atoms. The fourth-order valence-electron chi connectivity index (χ4n) is 3.25. The van der Waals surface area contributed by atoms with E-state index < -0.39 is 0 Å². The molecule has 1 aromatic carbocycles. The number of halogens is 1. The second-order valence-electron chi connectivity index (χ2n) is 6.49. The maximum absolute atomic E-state index is 6.08. The molecule has 3 rings (SSSR count). The van der Waals surface area contributed by atoms with Gasteiger partial charge >= 0.3 is 0 Å². The van der Waals surface area contributed by atoms with Crippen molar-refractivity contribution in [2.75, 3.05) is 0 Å². The molecule has 1 saturated carbocycles. The highest BCUT2D eigenvalue weighted by molar-refractivity contribution is 14.0. The molecular formula is C19H28IN5. The fraction of sp³-hybridized carbons (Fsp3) is 0.474. The van der Waals surface area contributed by atoms with Crippen molar-refractivity contribution in [1.29, 1.82) is 0 Å². The average Bonchev–Trinajstić information content (AvgIpc) is 2.87. The van der Waals surface area contributed by atoms with Gasteiger partial charge in [0.05, 0.1) is 0 Å². The zero-order chi connectivity index (χ0) is 16.6. The molecule has 0 unspecified atom stereocenters. The maximum Gasteiger partial charge on any atom is 0.189 e. The van der Waals surface area contributed by atoms with Crippen molar-refractivity contribution in [2.24, 2.45) is 10.7 Å². The van der Waals surface area contributed by atoms with Gasteiger partial charge in [0.1, 0.15) is 12.4 Å². The number of benzene rings is 1. The lowest BCUT2D eigenvalue weighted by molar-refractivity contribution is 0.529. The molecule has 3 N–H and O–H groups in total. The summed E-state index contributed by atoms with van der Waals surface area (Å²) in [5, 5.41) is 3.38. The van der Waals surface area contributed by atoms with Crippen LogP contribution in [-0.4, -0.2) is 21.6 Å². The van der Waals surface area contributed by atoms with Gasteiger partial charge in [0, 0.05) is 25.0 Å². The van der Waals surface area contributed by atoms with E-state index in [0.717, 1.165) is 12.4 Å². The number of hydrogen-bond donors (Lipinski definition) is 2. The maximum atomic E-state index is 6.08. The lowest BCUT2D eigenvalue weighted by Gasteiger charge is -2.16. The van der Waals surface area contributed by atoms with Crippen molar-refractivity contribution in [3.8, 4) is 0 Å². The van der Waals surface area contributed by atoms with Crippen LogP contribution in [0.3, 0.4) is 0 Å². The molecule has 5 nitrogen and oxygen atoms in total. The van der Waals surface area contributed by atoms with Crippen LogP contribution in [0.25, 0.3) is 0 Å². The van der Waals surface area contributed by atoms with Crippen LogP contribution < -0.4 is 11.1 Å². The minimum absolute atomic E-state index is 0. The van der Waals surface area contributed by atoms with Crippen molar-refractivity contribution in [1.82, 2.24) is 14.9 Å². The van der Waals surface area contributed by atoms with Crippen molar-refractivity contribution >= 4 is 29.9 Å². The van der Waals surface area contributed by atoms with Gasteiger partial charge in [0.2, 0.25) is 0 Å². The predicted octanol–water partition coefficient (Wildman–Crippen LogP) is 3.68. The van der Waals surface area contributed by atoms with Crippen LogP contribution in [0.2, 0.25) is 0 Å². The summed E-state index contributed by atoms with van der Waals surface area (Å²) in [4.78, 5) is 8.91. The molecule has 1 fully saturated rings. The summed E-state index contributed by atoms with van der Waals surface area (Å²) >= 11 is 0. The number of aliphatic imine (C=N–C) groups is 1. The van der Waals surface area contributed by atoms with Crippen LogP contribution in [-0.2, 0) is 13.1 Å². The van der Waals surface area contributed by atoms with Crippen LogP contribution >= 0.6 is 24.0 Å². The highest BCUT2D eigenvalue weighted by atomic mass is 127. The molecule has 136 valence electrons. The molecule has 1 aliphatic rings. The molecule has 25 heavy (non-hydrogen) atoms. The van der Waals surface area contributed by atoms with Crippen LogP contribution in [0.15, 0.2) is 47.7 Å². The SMILES string of the molecule is I.NC(=NCc1nccn1Cc1ccccc1)NC1CCCCCC1. The molecule has 0 atom stereocenters. The molecule has 1 heterocycles. The summed E-state index contributed by atoms with van der Waals surface area (Å²) in [6.45, 7) is 1.31. The third-order valence-electron chi connectivity index (χ3n) is 4.60. The Morgan fingerprint density at radius 3 is 2.60 bits per heavy atom. The van der Waals surface area contributed by atoms with Gasteiger partial charge in [-0.25, -0.2) is 9.98 Å². The second kappa shape index (κ2) is 10.4. The number of imidazole rings is 1. The Labute approximate surface area is 167 Å². The molecule has 1 aromatic heterocycles. The number of nitrogens with two attached hydrogens (primary N) is 1. The summed E-state index contributed by atoms with van der Waals surface area (Å²) in [6.07, 6.45) is 11.4. The number of nitrogens with zero attached hydrogens (tertiary/aromatic N) is 3. The molecule has 0 saturated heterocycles. The van der Waals surface area contributed by atoms with Gasteiger partial charge in [-0.2, -0.15) is 0 Å². The van der Waals surface area contributed by atoms with Crippen molar-refractivity contribution in [2.45, 2.75) is 57.7 Å². The van der Waals surface area contributed by atoms with Crippen LogP contribution in [0.1, 0.15) is 49.9 Å². The fourth-order valence-corrected chi connectivity index (χ4v) is 3.25. The Kier molecular flexibility index (Phi) is 8.24. The van der Waals surface area contributed by atoms with Gasteiger partial charge in [0.15, 0.2) is 5.96 Å². The van der Waals surface area contributed by atoms with Crippen molar-refractivity contribution in [3.63, 3.8) is 0 Å². The van der Waals surface area contributed by atoms with E-state index in [9.17, 15) is 0 Å². The lowest BCUT2D eigenvalue weighted by Crippen LogP contribution is -2.39. The van der Waals surface area contributed by atoms with E-state index in [1.54, 1.807) is 0 Å². The van der Waals surface area contributed by atoms with E-state index in [2.05, 4.69) is 44.1 Å². The third-order valence-corrected chi connectivity index (χ3v) is 4.60. The standard InChI is InChI=1S/C19H27N5.HI/c20-19(23-17-10-6-1-2-7-11-17)22-14-18-21-12-13-24(18)15-16-8-4-3-5-9-16;/h3-5,8-9,12-13,17H,1-2,6-7,10-11,14-15H2,(H3,20,22,23);1H. The van der Waals surface area contributed by atoms with E-state index in [0.29, 0.717) is 18.5 Å². The number of hydrogen-bond acceptors (Lipinski definition) is 2. The van der Waals surface area contributed by atoms with Crippen molar-refractivity contribution in [3.05, 3.63) is 54.1 Å². The highest BCUT2D eigenvalue weighted by Gasteiger charge is 2.12. The predicted molar refractivity (Wildman–Crippen MR) is 113 cm³/mol. The smallest absolute Gasteiger partial charge is 0.189 e. The zero-order valence-electron chi connectivity index (χ0n) is 14.6. The Morgan fingerprint density at radius 1 is 1.16 bits per heavy atom. The van der Waals surface area contributed by atoms with Crippen LogP contribution in [0.4, 0.5) is 0 Å². The summed E-state index contributed by atoms with van der Waals surface area (Å²) < 4.78 is 2.12. The molecule has 0 radical (unpaired) electrons. The Bertz CT molecular complexity index is 645. The van der Waals surface area contributed by atoms with E-state index in [1.165, 1.54) is 44.1 Å². The Balaban J connectivity index is 0.00000225. The molecular weight excluding hydrogens is 425 g/mol. The topological polar surface area (TPSA) is 68.2 Å². The van der Waals surface area contributed by atoms with E-state index in [-0.39, 0.29) is 24.0 Å². The molecule has 1 aliphatic carbocycles. The largest absolute Gasteiger partial charge is 0.370 e. The van der Waals surface area contributed by atoms with Gasteiger partial charge in [0.25, 0.3) is 0 Å². The highest BCUT2D eigenvalue weighted by Crippen LogP contribution is 2.17. The number of nitrogens with one attached hydrogen (secondary N) is 1. The quantitative estimate of drug-likeness (QED) is 0.314. The van der Waals surface area contributed by atoms with Gasteiger partial charge in [-0.15, -0.1) is 24.0 Å². The third kappa shape index (κ3) is 6.34. The van der Waals surface area contributed by atoms with Crippen LogP contribution in [0.5, 0.6) is 0 Å². The van der Waals surface area contributed by atoms with E-state index >= 15 is 0 Å². The number of rotatable bonds is 5. The van der Waals surface area contributed by atoms with Gasteiger partial charge in [-0.05, 0) is 18.4 Å². The summed E-state index contributed by atoms with van der Waals surface area (Å²) in [7, 11) is 0. The van der Waals surface area contributed by atoms with Gasteiger partial charge in [-0.3, -0.25) is 0 Å². The second-order valence-corrected chi connectivity index (χ2v) is 6.49. The number of aromatic nitrogens is 2. The molecule has 0 aliphatic heterocycles. The molecule has 0 spiro atoms. The minimum atomic E-state index is 0. The van der Waals surface area contributed by atoms with Gasteiger partial charge < -0.3 is 15.6 Å². The number of guanidine groups is 1. The molecule has 6 heteroatoms. The van der Waals surface area contributed by atoms with Crippen LogP contribution in [0, 0.1) is 0 Å². The van der Waals surface area contributed by atoms with E-state index in [1.807, 2.05) is 18.5 Å². The Hall–Kier alpha value is -1.57. The minimum Gasteiger partial charge on any atom is -0.370 e. The first-order valence-electron chi connectivity index (χ1n) is 8.91. The summed E-state index contributed by atoms with van der Waals surface area (Å²) in [6, 6.07) is 10.9. The van der Waals surface area contributed by atoms with E-state index in [4.69, 9.17) is 5.73 Å². The lowest BCUT2D eigenvalue weighted by atomic mass is 10.1. The first kappa shape index (κ1) is 19.8. The zero-order valence-corrected chi connectivity index (χ0v) is 16.9.